The van der Waals surface area contributed by atoms with Gasteiger partial charge in [0.25, 0.3) is 0 Å². The Kier molecular flexibility index (Phi) is 4.38. The number of hydrogen-bond acceptors (Lipinski definition) is 5. The average molecular weight is 372 g/mol. The first-order chi connectivity index (χ1) is 13.1. The van der Waals surface area contributed by atoms with Gasteiger partial charge < -0.3 is 5.32 Å². The molecule has 0 bridgehead atoms. The molecule has 0 unspecified atom stereocenters. The molecule has 0 atom stereocenters. The molecule has 4 rings (SSSR count). The van der Waals surface area contributed by atoms with Crippen LogP contribution in [0.2, 0.25) is 0 Å². The molecule has 4 heterocycles. The van der Waals surface area contributed by atoms with E-state index in [9.17, 15) is 0 Å². The number of nitrogens with one attached hydrogen (secondary N) is 1. The number of pyridine rings is 2. The van der Waals surface area contributed by atoms with E-state index in [-0.39, 0.29) is 0 Å². The van der Waals surface area contributed by atoms with Crippen molar-refractivity contribution in [3.05, 3.63) is 84.0 Å². The van der Waals surface area contributed by atoms with Gasteiger partial charge in [0, 0.05) is 34.6 Å². The first kappa shape index (κ1) is 17.2. The van der Waals surface area contributed by atoms with E-state index in [4.69, 9.17) is 0 Å². The molecule has 0 aliphatic carbocycles. The van der Waals surface area contributed by atoms with Crippen LogP contribution in [-0.2, 0) is 0 Å². The molecule has 0 amide bonds. The van der Waals surface area contributed by atoms with Crippen molar-refractivity contribution in [2.45, 2.75) is 13.8 Å². The topological polar surface area (TPSA) is 41.1 Å². The monoisotopic (exact) mass is 372 g/mol. The summed E-state index contributed by atoms with van der Waals surface area (Å²) in [4.78, 5) is 12.9. The predicted octanol–water partition coefficient (Wildman–Crippen LogP) is 5.92. The van der Waals surface area contributed by atoms with Crippen LogP contribution in [0.15, 0.2) is 68.0 Å². The molecule has 27 heavy (non-hydrogen) atoms. The lowest BCUT2D eigenvalue weighted by molar-refractivity contribution is 1.13. The summed E-state index contributed by atoms with van der Waals surface area (Å²) in [6.07, 6.45) is 11.5. The maximum absolute atomic E-state index is 4.39. The van der Waals surface area contributed by atoms with Crippen LogP contribution in [0.5, 0.6) is 0 Å². The zero-order valence-corrected chi connectivity index (χ0v) is 16.2. The quantitative estimate of drug-likeness (QED) is 0.619. The van der Waals surface area contributed by atoms with Crippen LogP contribution in [-0.4, -0.2) is 9.97 Å². The smallest absolute Gasteiger partial charge is 0.108 e. The van der Waals surface area contributed by atoms with E-state index in [0.717, 1.165) is 49.3 Å². The first-order valence-electron chi connectivity index (χ1n) is 8.67. The Bertz CT molecular complexity index is 1060. The van der Waals surface area contributed by atoms with Crippen molar-refractivity contribution in [1.29, 1.82) is 0 Å². The third-order valence-corrected chi connectivity index (χ3v) is 5.73. The molecule has 4 nitrogen and oxygen atoms in total. The minimum absolute atomic E-state index is 0.765. The van der Waals surface area contributed by atoms with E-state index < -0.39 is 0 Å². The Labute approximate surface area is 163 Å². The second-order valence-corrected chi connectivity index (χ2v) is 7.39. The normalized spacial score (nSPS) is 13.8. The molecular formula is C22H20N4S. The number of aryl methyl sites for hydroxylation is 1. The maximum atomic E-state index is 4.39. The van der Waals surface area contributed by atoms with E-state index in [0.29, 0.717) is 0 Å². The number of nitrogens with zero attached hydrogens (tertiary/aromatic N) is 3. The highest BCUT2D eigenvalue weighted by Gasteiger charge is 2.28. The van der Waals surface area contributed by atoms with Gasteiger partial charge in [-0.25, -0.2) is 0 Å². The highest BCUT2D eigenvalue weighted by atomic mass is 32.1. The molecule has 134 valence electrons. The van der Waals surface area contributed by atoms with Gasteiger partial charge >= 0.3 is 0 Å². The fourth-order valence-electron chi connectivity index (χ4n) is 3.24. The van der Waals surface area contributed by atoms with Crippen molar-refractivity contribution < 1.29 is 0 Å². The van der Waals surface area contributed by atoms with Crippen LogP contribution in [0, 0.1) is 6.92 Å². The van der Waals surface area contributed by atoms with Gasteiger partial charge in [-0.05, 0) is 31.5 Å². The molecule has 5 heteroatoms. The summed E-state index contributed by atoms with van der Waals surface area (Å²) in [7, 11) is 0. The third kappa shape index (κ3) is 2.96. The Hall–Kier alpha value is -3.18. The maximum Gasteiger partial charge on any atom is 0.108 e. The summed E-state index contributed by atoms with van der Waals surface area (Å²) >= 11 is 1.70. The van der Waals surface area contributed by atoms with E-state index in [1.165, 1.54) is 0 Å². The van der Waals surface area contributed by atoms with Gasteiger partial charge in [-0.1, -0.05) is 31.4 Å². The van der Waals surface area contributed by atoms with Crippen molar-refractivity contribution in [2.24, 2.45) is 0 Å². The highest BCUT2D eigenvalue weighted by molar-refractivity contribution is 7.17. The van der Waals surface area contributed by atoms with E-state index >= 15 is 0 Å². The van der Waals surface area contributed by atoms with Crippen molar-refractivity contribution in [1.82, 2.24) is 9.97 Å². The lowest BCUT2D eigenvalue weighted by atomic mass is 10.1. The molecule has 0 spiro atoms. The SMILES string of the molecule is C=C1Nc2cc(-c3cccnc3)sc2C(=C)N1c1cncc(C)c1/C=C\C. The minimum atomic E-state index is 0.765. The summed E-state index contributed by atoms with van der Waals surface area (Å²) in [6.45, 7) is 12.7. The van der Waals surface area contributed by atoms with Crippen molar-refractivity contribution >= 4 is 34.5 Å². The largest absolute Gasteiger partial charge is 0.341 e. The highest BCUT2D eigenvalue weighted by Crippen LogP contribution is 2.45. The van der Waals surface area contributed by atoms with E-state index in [2.05, 4.69) is 53.6 Å². The fraction of sp³-hybridized carbons (Fsp3) is 0.0909. The number of aromatic nitrogens is 2. The summed E-state index contributed by atoms with van der Waals surface area (Å²) in [5.41, 5.74) is 6.21. The number of hydrogen-bond donors (Lipinski definition) is 1. The Morgan fingerprint density at radius 2 is 2.04 bits per heavy atom. The number of thiophene rings is 1. The summed E-state index contributed by atoms with van der Waals surface area (Å²) in [6, 6.07) is 6.14. The number of fused-ring (bicyclic) bond motifs is 1. The van der Waals surface area contributed by atoms with Crippen LogP contribution < -0.4 is 10.2 Å². The van der Waals surface area contributed by atoms with Crippen molar-refractivity contribution in [2.75, 3.05) is 10.2 Å². The molecule has 3 aromatic rings. The lowest BCUT2D eigenvalue weighted by Gasteiger charge is -2.34. The molecule has 1 N–H and O–H groups in total. The number of allylic oxidation sites excluding steroid dienone is 1. The molecule has 0 saturated carbocycles. The second-order valence-electron chi connectivity index (χ2n) is 6.34. The van der Waals surface area contributed by atoms with Gasteiger partial charge in [-0.3, -0.25) is 14.9 Å². The second kappa shape index (κ2) is 6.85. The third-order valence-electron chi connectivity index (χ3n) is 4.50. The van der Waals surface area contributed by atoms with Crippen LogP contribution in [0.25, 0.3) is 22.2 Å². The minimum Gasteiger partial charge on any atom is -0.341 e. The summed E-state index contributed by atoms with van der Waals surface area (Å²) < 4.78 is 0. The predicted molar refractivity (Wildman–Crippen MR) is 116 cm³/mol. The van der Waals surface area contributed by atoms with Crippen LogP contribution in [0.3, 0.4) is 0 Å². The number of rotatable bonds is 3. The molecule has 1 aliphatic heterocycles. The van der Waals surface area contributed by atoms with Gasteiger partial charge in [-0.15, -0.1) is 11.3 Å². The number of anilines is 2. The van der Waals surface area contributed by atoms with Gasteiger partial charge in [0.15, 0.2) is 0 Å². The molecule has 0 aromatic carbocycles. The molecular weight excluding hydrogens is 352 g/mol. The van der Waals surface area contributed by atoms with Crippen molar-refractivity contribution in [3.8, 4) is 10.4 Å². The molecule has 1 aliphatic rings. The fourth-order valence-corrected chi connectivity index (χ4v) is 4.30. The zero-order valence-electron chi connectivity index (χ0n) is 15.4. The van der Waals surface area contributed by atoms with Crippen LogP contribution >= 0.6 is 11.3 Å². The average Bonchev–Trinajstić information content (AvgIpc) is 3.09. The molecule has 3 aromatic heterocycles. The Morgan fingerprint density at radius 1 is 1.19 bits per heavy atom. The van der Waals surface area contributed by atoms with Gasteiger partial charge in [0.1, 0.15) is 5.82 Å². The zero-order chi connectivity index (χ0) is 19.0. The summed E-state index contributed by atoms with van der Waals surface area (Å²) in [5, 5.41) is 3.43. The molecule has 0 fully saturated rings. The standard InChI is InChI=1S/C22H20N4S/c1-5-7-18-14(2)11-24-13-20(18)26-15(3)22-19(25-16(26)4)10-21(27-22)17-8-6-9-23-12-17/h5-13,25H,3-4H2,1-2H3/b7-5-. The molecule has 0 saturated heterocycles. The van der Waals surface area contributed by atoms with E-state index in [1.807, 2.05) is 42.6 Å². The van der Waals surface area contributed by atoms with Crippen molar-refractivity contribution in [3.63, 3.8) is 0 Å². The summed E-state index contributed by atoms with van der Waals surface area (Å²) in [5.74, 6) is 0.765. The van der Waals surface area contributed by atoms with Gasteiger partial charge in [-0.2, -0.15) is 0 Å². The van der Waals surface area contributed by atoms with Gasteiger partial charge in [0.05, 0.1) is 28.1 Å². The first-order valence-corrected chi connectivity index (χ1v) is 9.48. The lowest BCUT2D eigenvalue weighted by Crippen LogP contribution is -2.29. The van der Waals surface area contributed by atoms with E-state index in [1.54, 1.807) is 17.5 Å². The Morgan fingerprint density at radius 3 is 2.78 bits per heavy atom. The van der Waals surface area contributed by atoms with Gasteiger partial charge in [0.2, 0.25) is 0 Å². The van der Waals surface area contributed by atoms with Crippen LogP contribution in [0.4, 0.5) is 11.4 Å². The molecule has 0 radical (unpaired) electrons. The Balaban J connectivity index is 1.80. The van der Waals surface area contributed by atoms with Crippen LogP contribution in [0.1, 0.15) is 22.9 Å².